The average Bonchev–Trinajstić information content (AvgIpc) is 1.54. The van der Waals surface area contributed by atoms with Crippen LogP contribution in [0.3, 0.4) is 0 Å². The molecule has 4 nitrogen and oxygen atoms in total. The molecule has 0 unspecified atom stereocenters. The molecule has 0 aromatic heterocycles. The first-order valence-corrected chi connectivity index (χ1v) is 3.22. The normalized spacial score (nSPS) is 10.7. The SMILES string of the molecule is CC(C)(C)C(C(=O)O)C(=O)O.[NaH]. The summed E-state index contributed by atoms with van der Waals surface area (Å²) in [6.07, 6.45) is 0. The van der Waals surface area contributed by atoms with Crippen LogP contribution in [-0.2, 0) is 9.59 Å². The second-order valence-corrected chi connectivity index (χ2v) is 3.48. The van der Waals surface area contributed by atoms with Gasteiger partial charge in [-0.2, -0.15) is 0 Å². The Morgan fingerprint density at radius 1 is 1.08 bits per heavy atom. The van der Waals surface area contributed by atoms with Crippen molar-refractivity contribution >= 4 is 41.5 Å². The van der Waals surface area contributed by atoms with Crippen molar-refractivity contribution in [2.75, 3.05) is 0 Å². The van der Waals surface area contributed by atoms with Gasteiger partial charge < -0.3 is 10.2 Å². The van der Waals surface area contributed by atoms with Crippen molar-refractivity contribution in [1.29, 1.82) is 0 Å². The molecule has 0 amide bonds. The Morgan fingerprint density at radius 3 is 1.33 bits per heavy atom. The number of carboxylic acid groups (broad SMARTS) is 2. The van der Waals surface area contributed by atoms with Crippen LogP contribution in [0.2, 0.25) is 0 Å². The zero-order chi connectivity index (χ0) is 9.23. The van der Waals surface area contributed by atoms with Crippen LogP contribution in [0.5, 0.6) is 0 Å². The molecule has 0 saturated heterocycles. The van der Waals surface area contributed by atoms with Crippen LogP contribution in [0.15, 0.2) is 0 Å². The molecule has 0 aliphatic rings. The van der Waals surface area contributed by atoms with Gasteiger partial charge in [0.2, 0.25) is 0 Å². The summed E-state index contributed by atoms with van der Waals surface area (Å²) in [5.41, 5.74) is -0.738. The maximum atomic E-state index is 10.4. The number of hydrogen-bond acceptors (Lipinski definition) is 2. The van der Waals surface area contributed by atoms with Crippen molar-refractivity contribution in [2.24, 2.45) is 11.3 Å². The second-order valence-electron chi connectivity index (χ2n) is 3.48. The minimum atomic E-state index is -1.33. The number of aliphatic carboxylic acids is 2. The van der Waals surface area contributed by atoms with E-state index >= 15 is 0 Å². The zero-order valence-electron chi connectivity index (χ0n) is 6.79. The van der Waals surface area contributed by atoms with Crippen LogP contribution >= 0.6 is 0 Å². The average molecular weight is 184 g/mol. The molecule has 0 spiro atoms. The molecule has 0 saturated carbocycles. The van der Waals surface area contributed by atoms with Crippen molar-refractivity contribution in [3.8, 4) is 0 Å². The van der Waals surface area contributed by atoms with E-state index in [1.165, 1.54) is 0 Å². The molecule has 12 heavy (non-hydrogen) atoms. The van der Waals surface area contributed by atoms with Crippen LogP contribution in [0.4, 0.5) is 0 Å². The first kappa shape index (κ1) is 14.5. The number of carbonyl (C=O) groups is 2. The molecule has 2 N–H and O–H groups in total. The fourth-order valence-corrected chi connectivity index (χ4v) is 0.846. The van der Waals surface area contributed by atoms with Gasteiger partial charge in [-0.25, -0.2) is 0 Å². The van der Waals surface area contributed by atoms with Crippen molar-refractivity contribution in [3.05, 3.63) is 0 Å². The predicted octanol–water partition coefficient (Wildman–Crippen LogP) is 0.169. The van der Waals surface area contributed by atoms with Crippen molar-refractivity contribution in [3.63, 3.8) is 0 Å². The van der Waals surface area contributed by atoms with Gasteiger partial charge in [0.05, 0.1) is 0 Å². The van der Waals surface area contributed by atoms with E-state index in [4.69, 9.17) is 10.2 Å². The molecule has 0 heterocycles. The molecule has 0 rings (SSSR count). The molecule has 0 bridgehead atoms. The minimum absolute atomic E-state index is 0. The summed E-state index contributed by atoms with van der Waals surface area (Å²) in [6.45, 7) is 4.75. The van der Waals surface area contributed by atoms with Gasteiger partial charge in [-0.05, 0) is 5.41 Å². The Kier molecular flexibility index (Phi) is 5.84. The van der Waals surface area contributed by atoms with Gasteiger partial charge in [-0.15, -0.1) is 0 Å². The molecule has 0 fully saturated rings. The molecular formula is C7H13NaO4. The quantitative estimate of drug-likeness (QED) is 0.474. The summed E-state index contributed by atoms with van der Waals surface area (Å²) in [5, 5.41) is 17.0. The number of rotatable bonds is 2. The Morgan fingerprint density at radius 2 is 1.33 bits per heavy atom. The molecule has 66 valence electrons. The third-order valence-electron chi connectivity index (χ3n) is 1.36. The Labute approximate surface area is 93.3 Å². The summed E-state index contributed by atoms with van der Waals surface area (Å²) in [5.74, 6) is -3.91. The first-order chi connectivity index (χ1) is 4.76. The van der Waals surface area contributed by atoms with E-state index in [0.717, 1.165) is 0 Å². The van der Waals surface area contributed by atoms with E-state index in [1.807, 2.05) is 0 Å². The Hall–Kier alpha value is -0.0600. The zero-order valence-corrected chi connectivity index (χ0v) is 6.79. The van der Waals surface area contributed by atoms with Crippen LogP contribution in [-0.4, -0.2) is 51.7 Å². The monoisotopic (exact) mass is 184 g/mol. The van der Waals surface area contributed by atoms with E-state index < -0.39 is 23.3 Å². The van der Waals surface area contributed by atoms with Gasteiger partial charge in [0.1, 0.15) is 0 Å². The first-order valence-electron chi connectivity index (χ1n) is 3.22. The standard InChI is InChI=1S/C7H12O4.Na.H/c1-7(2,3)4(5(8)9)6(10)11;;/h4H,1-3H3,(H,8,9)(H,10,11);;. The molecule has 5 heteroatoms. The van der Waals surface area contributed by atoms with E-state index in [9.17, 15) is 9.59 Å². The summed E-state index contributed by atoms with van der Waals surface area (Å²) < 4.78 is 0. The van der Waals surface area contributed by atoms with Crippen LogP contribution in [0, 0.1) is 11.3 Å². The van der Waals surface area contributed by atoms with Crippen molar-refractivity contribution in [2.45, 2.75) is 20.8 Å². The fraction of sp³-hybridized carbons (Fsp3) is 0.714. The molecule has 0 aliphatic carbocycles. The van der Waals surface area contributed by atoms with Crippen molar-refractivity contribution in [1.82, 2.24) is 0 Å². The van der Waals surface area contributed by atoms with Crippen LogP contribution in [0.1, 0.15) is 20.8 Å². The molecule has 0 aromatic carbocycles. The summed E-state index contributed by atoms with van der Waals surface area (Å²) in [4.78, 5) is 20.8. The fourth-order valence-electron chi connectivity index (χ4n) is 0.846. The molecule has 0 aromatic rings. The van der Waals surface area contributed by atoms with Gasteiger partial charge in [-0.1, -0.05) is 20.8 Å². The van der Waals surface area contributed by atoms with Gasteiger partial charge >= 0.3 is 41.5 Å². The van der Waals surface area contributed by atoms with Crippen LogP contribution < -0.4 is 0 Å². The molecule has 0 radical (unpaired) electrons. The molecule has 0 atom stereocenters. The van der Waals surface area contributed by atoms with E-state index in [-0.39, 0.29) is 29.6 Å². The summed E-state index contributed by atoms with van der Waals surface area (Å²) >= 11 is 0. The topological polar surface area (TPSA) is 74.6 Å². The van der Waals surface area contributed by atoms with Crippen molar-refractivity contribution < 1.29 is 19.8 Å². The Bertz CT molecular complexity index is 168. The van der Waals surface area contributed by atoms with E-state index in [0.29, 0.717) is 0 Å². The third-order valence-corrected chi connectivity index (χ3v) is 1.36. The Balaban J connectivity index is 0. The third kappa shape index (κ3) is 4.09. The van der Waals surface area contributed by atoms with Gasteiger partial charge in [0.15, 0.2) is 5.92 Å². The second kappa shape index (κ2) is 4.84. The van der Waals surface area contributed by atoms with E-state index in [2.05, 4.69) is 0 Å². The molecular weight excluding hydrogens is 171 g/mol. The predicted molar refractivity (Wildman–Crippen MR) is 45.4 cm³/mol. The number of hydrogen-bond donors (Lipinski definition) is 2. The van der Waals surface area contributed by atoms with Crippen LogP contribution in [0.25, 0.3) is 0 Å². The van der Waals surface area contributed by atoms with Gasteiger partial charge in [-0.3, -0.25) is 9.59 Å². The summed E-state index contributed by atoms with van der Waals surface area (Å²) in [6, 6.07) is 0. The maximum absolute atomic E-state index is 10.4. The van der Waals surface area contributed by atoms with E-state index in [1.54, 1.807) is 20.8 Å². The molecule has 0 aliphatic heterocycles. The summed E-state index contributed by atoms with van der Waals surface area (Å²) in [7, 11) is 0. The van der Waals surface area contributed by atoms with Gasteiger partial charge in [0, 0.05) is 0 Å². The van der Waals surface area contributed by atoms with Gasteiger partial charge in [0.25, 0.3) is 0 Å². The number of carboxylic acids is 2.